The molecule has 30 heavy (non-hydrogen) atoms. The highest BCUT2D eigenvalue weighted by molar-refractivity contribution is 8.15. The van der Waals surface area contributed by atoms with Crippen molar-refractivity contribution in [1.82, 2.24) is 10.6 Å². The number of methoxy groups -OCH3 is 2. The maximum absolute atomic E-state index is 12.3. The van der Waals surface area contributed by atoms with Gasteiger partial charge in [0.1, 0.15) is 5.25 Å². The van der Waals surface area contributed by atoms with E-state index in [1.54, 1.807) is 14.2 Å². The molecular weight excluding hydrogens is 402 g/mol. The summed E-state index contributed by atoms with van der Waals surface area (Å²) in [4.78, 5) is 28.9. The van der Waals surface area contributed by atoms with Gasteiger partial charge in [-0.1, -0.05) is 35.5 Å². The van der Waals surface area contributed by atoms with Gasteiger partial charge in [-0.05, 0) is 43.2 Å². The minimum atomic E-state index is -0.477. The molecule has 1 aliphatic heterocycles. The van der Waals surface area contributed by atoms with Crippen molar-refractivity contribution in [2.75, 3.05) is 20.8 Å². The van der Waals surface area contributed by atoms with E-state index in [9.17, 15) is 9.59 Å². The lowest BCUT2D eigenvalue weighted by Crippen LogP contribution is -2.32. The van der Waals surface area contributed by atoms with E-state index in [0.29, 0.717) is 29.6 Å². The molecule has 1 aliphatic rings. The largest absolute Gasteiger partial charge is 0.493 e. The molecule has 0 saturated carbocycles. The number of carbonyl (C=O) groups is 2. The Morgan fingerprint density at radius 3 is 2.57 bits per heavy atom. The summed E-state index contributed by atoms with van der Waals surface area (Å²) in [6, 6.07) is 13.4. The van der Waals surface area contributed by atoms with Crippen LogP contribution in [-0.4, -0.2) is 43.0 Å². The number of carbonyl (C=O) groups excluding carboxylic acids is 2. The number of ether oxygens (including phenoxy) is 2. The summed E-state index contributed by atoms with van der Waals surface area (Å²) >= 11 is 1.28. The quantitative estimate of drug-likeness (QED) is 0.676. The maximum atomic E-state index is 12.3. The second kappa shape index (κ2) is 10.2. The highest BCUT2D eigenvalue weighted by Gasteiger charge is 2.32. The summed E-state index contributed by atoms with van der Waals surface area (Å²) in [5, 5.41) is 5.66. The van der Waals surface area contributed by atoms with Gasteiger partial charge in [0.05, 0.1) is 19.9 Å². The van der Waals surface area contributed by atoms with Crippen LogP contribution in [0.3, 0.4) is 0 Å². The average molecular weight is 428 g/mol. The van der Waals surface area contributed by atoms with E-state index >= 15 is 0 Å². The van der Waals surface area contributed by atoms with Crippen molar-refractivity contribution in [2.24, 2.45) is 4.99 Å². The first kappa shape index (κ1) is 21.7. The van der Waals surface area contributed by atoms with E-state index < -0.39 is 5.25 Å². The Labute approximate surface area is 180 Å². The summed E-state index contributed by atoms with van der Waals surface area (Å²) in [6.07, 6.45) is 0.756. The number of nitrogens with zero attached hydrogens (tertiary/aromatic N) is 1. The first-order valence-corrected chi connectivity index (χ1v) is 10.5. The highest BCUT2D eigenvalue weighted by Crippen LogP contribution is 2.28. The Balaban J connectivity index is 1.48. The first-order chi connectivity index (χ1) is 14.5. The van der Waals surface area contributed by atoms with Gasteiger partial charge in [0, 0.05) is 13.0 Å². The van der Waals surface area contributed by atoms with E-state index in [2.05, 4.69) is 15.6 Å². The number of aliphatic imine (C=N–C) groups is 1. The minimum absolute atomic E-state index is 0.106. The summed E-state index contributed by atoms with van der Waals surface area (Å²) in [5.74, 6) is 0.957. The molecule has 158 valence electrons. The number of aryl methyl sites for hydroxylation is 1. The molecule has 3 rings (SSSR count). The van der Waals surface area contributed by atoms with Crippen LogP contribution in [0.4, 0.5) is 5.69 Å². The van der Waals surface area contributed by atoms with Crippen molar-refractivity contribution in [1.29, 1.82) is 0 Å². The van der Waals surface area contributed by atoms with E-state index in [-0.39, 0.29) is 18.2 Å². The van der Waals surface area contributed by atoms with Gasteiger partial charge in [-0.3, -0.25) is 9.59 Å². The Hall–Kier alpha value is -3.00. The zero-order chi connectivity index (χ0) is 21.5. The summed E-state index contributed by atoms with van der Waals surface area (Å²) < 4.78 is 10.5. The van der Waals surface area contributed by atoms with Crippen LogP contribution in [0.2, 0.25) is 0 Å². The molecule has 1 atom stereocenters. The predicted molar refractivity (Wildman–Crippen MR) is 119 cm³/mol. The Bertz CT molecular complexity index is 944. The summed E-state index contributed by atoms with van der Waals surface area (Å²) in [5.41, 5.74) is 2.93. The average Bonchev–Trinajstić information content (AvgIpc) is 3.08. The maximum Gasteiger partial charge on any atom is 0.240 e. The molecule has 8 heteroatoms. The number of thioether (sulfide) groups is 1. The normalized spacial score (nSPS) is 17.0. The molecule has 1 unspecified atom stereocenters. The van der Waals surface area contributed by atoms with Crippen molar-refractivity contribution >= 4 is 34.4 Å². The van der Waals surface area contributed by atoms with Crippen LogP contribution in [0.1, 0.15) is 17.5 Å². The predicted octanol–water partition coefficient (Wildman–Crippen LogP) is 2.98. The van der Waals surface area contributed by atoms with Crippen molar-refractivity contribution in [3.8, 4) is 11.5 Å². The third kappa shape index (κ3) is 5.76. The van der Waals surface area contributed by atoms with Gasteiger partial charge in [0.2, 0.25) is 11.8 Å². The van der Waals surface area contributed by atoms with Gasteiger partial charge < -0.3 is 20.1 Å². The number of amidine groups is 1. The molecule has 1 heterocycles. The molecule has 0 aliphatic carbocycles. The van der Waals surface area contributed by atoms with Crippen LogP contribution in [0.25, 0.3) is 0 Å². The fraction of sp³-hybridized carbons (Fsp3) is 0.318. The number of benzene rings is 2. The monoisotopic (exact) mass is 427 g/mol. The summed E-state index contributed by atoms with van der Waals surface area (Å²) in [7, 11) is 3.18. The van der Waals surface area contributed by atoms with Gasteiger partial charge >= 0.3 is 0 Å². The molecule has 0 radical (unpaired) electrons. The van der Waals surface area contributed by atoms with E-state index in [1.807, 2.05) is 49.4 Å². The molecule has 0 spiro atoms. The lowest BCUT2D eigenvalue weighted by molar-refractivity contribution is -0.125. The SMILES string of the molecule is COc1ccc(CCNC(=O)CC2SC(=Nc3ccc(C)cc3)NC2=O)cc1OC. The molecule has 2 N–H and O–H groups in total. The van der Waals surface area contributed by atoms with Crippen molar-refractivity contribution < 1.29 is 19.1 Å². The van der Waals surface area contributed by atoms with E-state index in [1.165, 1.54) is 11.8 Å². The van der Waals surface area contributed by atoms with Gasteiger partial charge in [-0.15, -0.1) is 0 Å². The molecule has 0 bridgehead atoms. The van der Waals surface area contributed by atoms with Gasteiger partial charge in [0.15, 0.2) is 16.7 Å². The van der Waals surface area contributed by atoms with Crippen molar-refractivity contribution in [3.63, 3.8) is 0 Å². The molecule has 0 aromatic heterocycles. The van der Waals surface area contributed by atoms with Crippen molar-refractivity contribution in [3.05, 3.63) is 53.6 Å². The molecular formula is C22H25N3O4S. The minimum Gasteiger partial charge on any atom is -0.493 e. The van der Waals surface area contributed by atoms with Gasteiger partial charge in [-0.25, -0.2) is 4.99 Å². The van der Waals surface area contributed by atoms with Crippen LogP contribution in [-0.2, 0) is 16.0 Å². The third-order valence-electron chi connectivity index (χ3n) is 4.60. The second-order valence-corrected chi connectivity index (χ2v) is 8.03. The molecule has 1 saturated heterocycles. The van der Waals surface area contributed by atoms with Crippen molar-refractivity contribution in [2.45, 2.75) is 25.0 Å². The number of hydrogen-bond donors (Lipinski definition) is 2. The lowest BCUT2D eigenvalue weighted by Gasteiger charge is -2.10. The standard InChI is InChI=1S/C22H25N3O4S/c1-14-4-7-16(8-5-14)24-22-25-21(27)19(30-22)13-20(26)23-11-10-15-6-9-17(28-2)18(12-15)29-3/h4-9,12,19H,10-11,13H2,1-3H3,(H,23,26)(H,24,25,27). The number of amides is 2. The highest BCUT2D eigenvalue weighted by atomic mass is 32.2. The molecule has 2 amide bonds. The van der Waals surface area contributed by atoms with Gasteiger partial charge in [-0.2, -0.15) is 0 Å². The molecule has 7 nitrogen and oxygen atoms in total. The Morgan fingerprint density at radius 1 is 1.13 bits per heavy atom. The second-order valence-electron chi connectivity index (χ2n) is 6.84. The van der Waals surface area contributed by atoms with Crippen LogP contribution in [0, 0.1) is 6.92 Å². The first-order valence-electron chi connectivity index (χ1n) is 9.59. The van der Waals surface area contributed by atoms with E-state index in [4.69, 9.17) is 9.47 Å². The third-order valence-corrected chi connectivity index (χ3v) is 5.68. The molecule has 1 fully saturated rings. The number of nitrogens with one attached hydrogen (secondary N) is 2. The lowest BCUT2D eigenvalue weighted by atomic mass is 10.1. The summed E-state index contributed by atoms with van der Waals surface area (Å²) in [6.45, 7) is 2.47. The number of hydrogen-bond acceptors (Lipinski definition) is 6. The van der Waals surface area contributed by atoms with Crippen LogP contribution < -0.4 is 20.1 Å². The fourth-order valence-electron chi connectivity index (χ4n) is 2.95. The zero-order valence-electron chi connectivity index (χ0n) is 17.2. The van der Waals surface area contributed by atoms with Crippen LogP contribution >= 0.6 is 11.8 Å². The number of rotatable bonds is 8. The molecule has 2 aromatic rings. The van der Waals surface area contributed by atoms with Crippen LogP contribution in [0.5, 0.6) is 11.5 Å². The fourth-order valence-corrected chi connectivity index (χ4v) is 3.94. The van der Waals surface area contributed by atoms with Gasteiger partial charge in [0.25, 0.3) is 0 Å². The Morgan fingerprint density at radius 2 is 1.87 bits per heavy atom. The zero-order valence-corrected chi connectivity index (χ0v) is 18.0. The van der Waals surface area contributed by atoms with E-state index in [0.717, 1.165) is 16.8 Å². The Kier molecular flexibility index (Phi) is 7.35. The topological polar surface area (TPSA) is 89.0 Å². The smallest absolute Gasteiger partial charge is 0.240 e. The molecule has 2 aromatic carbocycles. The van der Waals surface area contributed by atoms with Crippen LogP contribution in [0.15, 0.2) is 47.5 Å².